The third kappa shape index (κ3) is 2.61. The molecule has 0 saturated heterocycles. The number of hydrogen-bond donors (Lipinski definition) is 1. The zero-order chi connectivity index (χ0) is 18.1. The minimum atomic E-state index is -5.32. The SMILES string of the molecule is COC(=O)C1=C(C)OC(=O)[C@@]1(NC(=O)c1ccccc1)C(F)(F)F. The molecule has 0 fully saturated rings. The Morgan fingerprint density at radius 3 is 2.29 bits per heavy atom. The van der Waals surface area contributed by atoms with Crippen molar-refractivity contribution >= 4 is 17.8 Å². The summed E-state index contributed by atoms with van der Waals surface area (Å²) in [5, 5.41) is 1.60. The molecule has 0 radical (unpaired) electrons. The number of rotatable bonds is 3. The topological polar surface area (TPSA) is 81.7 Å². The number of esters is 2. The van der Waals surface area contributed by atoms with Gasteiger partial charge in [0.25, 0.3) is 11.4 Å². The Kier molecular flexibility index (Phi) is 4.37. The maximum Gasteiger partial charge on any atom is 0.427 e. The molecule has 1 aromatic rings. The van der Waals surface area contributed by atoms with Crippen LogP contribution in [-0.2, 0) is 19.1 Å². The van der Waals surface area contributed by atoms with E-state index < -0.39 is 40.9 Å². The second-order valence-corrected chi connectivity index (χ2v) is 4.88. The highest BCUT2D eigenvalue weighted by Crippen LogP contribution is 2.43. The van der Waals surface area contributed by atoms with Crippen LogP contribution in [0.3, 0.4) is 0 Å². The molecule has 1 aliphatic heterocycles. The molecule has 1 heterocycles. The Morgan fingerprint density at radius 2 is 1.79 bits per heavy atom. The summed E-state index contributed by atoms with van der Waals surface area (Å²) in [6.07, 6.45) is -5.32. The normalized spacial score (nSPS) is 20.6. The van der Waals surface area contributed by atoms with Gasteiger partial charge in [0.2, 0.25) is 0 Å². The zero-order valence-corrected chi connectivity index (χ0v) is 12.6. The zero-order valence-electron chi connectivity index (χ0n) is 12.6. The summed E-state index contributed by atoms with van der Waals surface area (Å²) < 4.78 is 49.9. The lowest BCUT2D eigenvalue weighted by Gasteiger charge is -2.30. The van der Waals surface area contributed by atoms with Crippen molar-refractivity contribution in [2.45, 2.75) is 18.6 Å². The number of allylic oxidation sites excluding steroid dienone is 1. The molecule has 0 aromatic heterocycles. The number of carbonyl (C=O) groups is 3. The maximum atomic E-state index is 13.7. The van der Waals surface area contributed by atoms with Crippen molar-refractivity contribution in [3.63, 3.8) is 0 Å². The largest absolute Gasteiger partial charge is 0.465 e. The molecule has 128 valence electrons. The molecule has 6 nitrogen and oxygen atoms in total. The summed E-state index contributed by atoms with van der Waals surface area (Å²) in [5.41, 5.74) is -4.86. The predicted molar refractivity (Wildman–Crippen MR) is 73.5 cm³/mol. The number of hydrogen-bond acceptors (Lipinski definition) is 5. The second kappa shape index (κ2) is 5.99. The van der Waals surface area contributed by atoms with Gasteiger partial charge in [-0.3, -0.25) is 4.79 Å². The summed E-state index contributed by atoms with van der Waals surface area (Å²) >= 11 is 0. The van der Waals surface area contributed by atoms with Crippen LogP contribution in [0.25, 0.3) is 0 Å². The second-order valence-electron chi connectivity index (χ2n) is 4.88. The number of cyclic esters (lactones) is 1. The van der Waals surface area contributed by atoms with Crippen LogP contribution < -0.4 is 5.32 Å². The molecule has 0 bridgehead atoms. The molecule has 24 heavy (non-hydrogen) atoms. The molecule has 9 heteroatoms. The van der Waals surface area contributed by atoms with Gasteiger partial charge in [0.1, 0.15) is 11.3 Å². The minimum absolute atomic E-state index is 0.123. The van der Waals surface area contributed by atoms with Crippen molar-refractivity contribution in [1.29, 1.82) is 0 Å². The Bertz CT molecular complexity index is 726. The van der Waals surface area contributed by atoms with Gasteiger partial charge in [0.05, 0.1) is 7.11 Å². The fraction of sp³-hybridized carbons (Fsp3) is 0.267. The molecule has 1 aromatic carbocycles. The van der Waals surface area contributed by atoms with E-state index in [0.29, 0.717) is 0 Å². The van der Waals surface area contributed by atoms with Crippen molar-refractivity contribution in [2.24, 2.45) is 0 Å². The molecule has 0 saturated carbocycles. The van der Waals surface area contributed by atoms with Gasteiger partial charge in [-0.15, -0.1) is 0 Å². The highest BCUT2D eigenvalue weighted by molar-refractivity contribution is 6.09. The number of carbonyl (C=O) groups excluding carboxylic acids is 3. The van der Waals surface area contributed by atoms with Crippen LogP contribution in [0.4, 0.5) is 13.2 Å². The number of halogens is 3. The number of ether oxygens (including phenoxy) is 2. The maximum absolute atomic E-state index is 13.7. The quantitative estimate of drug-likeness (QED) is 0.845. The van der Waals surface area contributed by atoms with Crippen LogP contribution in [0.5, 0.6) is 0 Å². The van der Waals surface area contributed by atoms with E-state index in [9.17, 15) is 27.6 Å². The Morgan fingerprint density at radius 1 is 1.21 bits per heavy atom. The number of amides is 1. The first-order chi connectivity index (χ1) is 11.1. The van der Waals surface area contributed by atoms with E-state index in [-0.39, 0.29) is 5.56 Å². The number of methoxy groups -OCH3 is 1. The van der Waals surface area contributed by atoms with Crippen LogP contribution in [0.2, 0.25) is 0 Å². The lowest BCUT2D eigenvalue weighted by atomic mass is 9.89. The van der Waals surface area contributed by atoms with Crippen LogP contribution >= 0.6 is 0 Å². The van der Waals surface area contributed by atoms with E-state index in [1.807, 2.05) is 0 Å². The third-order valence-corrected chi connectivity index (χ3v) is 3.43. The van der Waals surface area contributed by atoms with E-state index >= 15 is 0 Å². The third-order valence-electron chi connectivity index (χ3n) is 3.43. The fourth-order valence-electron chi connectivity index (χ4n) is 2.31. The first kappa shape index (κ1) is 17.5. The Hall–Kier alpha value is -2.84. The summed E-state index contributed by atoms with van der Waals surface area (Å²) in [6, 6.07) is 6.95. The van der Waals surface area contributed by atoms with Gasteiger partial charge in [-0.05, 0) is 19.1 Å². The molecule has 2 rings (SSSR count). The molecule has 1 aliphatic rings. The average Bonchev–Trinajstić information content (AvgIpc) is 2.78. The summed E-state index contributed by atoms with van der Waals surface area (Å²) in [6.45, 7) is 1.01. The molecule has 0 aliphatic carbocycles. The Labute approximate surface area is 134 Å². The monoisotopic (exact) mass is 343 g/mol. The highest BCUT2D eigenvalue weighted by Gasteiger charge is 2.71. The average molecular weight is 343 g/mol. The highest BCUT2D eigenvalue weighted by atomic mass is 19.4. The molecule has 1 amide bonds. The van der Waals surface area contributed by atoms with Crippen molar-refractivity contribution < 1.29 is 37.0 Å². The summed E-state index contributed by atoms with van der Waals surface area (Å²) in [4.78, 5) is 35.9. The number of alkyl halides is 3. The number of nitrogens with one attached hydrogen (secondary N) is 1. The number of benzene rings is 1. The molecular weight excluding hydrogens is 331 g/mol. The summed E-state index contributed by atoms with van der Waals surface area (Å²) in [5.74, 6) is -5.03. The summed E-state index contributed by atoms with van der Waals surface area (Å²) in [7, 11) is 0.853. The van der Waals surface area contributed by atoms with E-state index in [1.54, 1.807) is 11.4 Å². The van der Waals surface area contributed by atoms with Crippen LogP contribution in [0.1, 0.15) is 17.3 Å². The van der Waals surface area contributed by atoms with Crippen molar-refractivity contribution in [3.8, 4) is 0 Å². The first-order valence-corrected chi connectivity index (χ1v) is 6.61. The molecule has 0 unspecified atom stereocenters. The van der Waals surface area contributed by atoms with E-state index in [4.69, 9.17) is 0 Å². The standard InChI is InChI=1S/C15H12F3NO5/c1-8-10(12(21)23-2)14(13(22)24-8,15(16,17)18)19-11(20)9-6-4-3-5-7-9/h3-7H,1-2H3,(H,19,20)/t14-/m1/s1. The molecule has 0 spiro atoms. The van der Waals surface area contributed by atoms with Crippen LogP contribution in [-0.4, -0.2) is 36.7 Å². The molecule has 1 atom stereocenters. The van der Waals surface area contributed by atoms with Gasteiger partial charge in [0.15, 0.2) is 0 Å². The van der Waals surface area contributed by atoms with E-state index in [0.717, 1.165) is 14.0 Å². The Balaban J connectivity index is 2.57. The van der Waals surface area contributed by atoms with Crippen molar-refractivity contribution in [3.05, 3.63) is 47.2 Å². The van der Waals surface area contributed by atoms with Gasteiger partial charge < -0.3 is 14.8 Å². The first-order valence-electron chi connectivity index (χ1n) is 6.61. The smallest absolute Gasteiger partial charge is 0.427 e. The van der Waals surface area contributed by atoms with Gasteiger partial charge in [-0.2, -0.15) is 13.2 Å². The lowest BCUT2D eigenvalue weighted by molar-refractivity contribution is -0.196. The minimum Gasteiger partial charge on any atom is -0.465 e. The van der Waals surface area contributed by atoms with Crippen molar-refractivity contribution in [1.82, 2.24) is 5.32 Å². The van der Waals surface area contributed by atoms with Gasteiger partial charge in [-0.1, -0.05) is 18.2 Å². The van der Waals surface area contributed by atoms with Gasteiger partial charge in [0, 0.05) is 5.56 Å². The van der Waals surface area contributed by atoms with Crippen LogP contribution in [0, 0.1) is 0 Å². The van der Waals surface area contributed by atoms with E-state index in [1.165, 1.54) is 24.3 Å². The van der Waals surface area contributed by atoms with Crippen molar-refractivity contribution in [2.75, 3.05) is 7.11 Å². The van der Waals surface area contributed by atoms with Gasteiger partial charge >= 0.3 is 18.1 Å². The van der Waals surface area contributed by atoms with Gasteiger partial charge in [-0.25, -0.2) is 9.59 Å². The fourth-order valence-corrected chi connectivity index (χ4v) is 2.31. The molecular formula is C15H12F3NO5. The molecule has 1 N–H and O–H groups in total. The predicted octanol–water partition coefficient (Wildman–Crippen LogP) is 1.72. The van der Waals surface area contributed by atoms with E-state index in [2.05, 4.69) is 9.47 Å². The van der Waals surface area contributed by atoms with Crippen LogP contribution in [0.15, 0.2) is 41.7 Å². The lowest BCUT2D eigenvalue weighted by Crippen LogP contribution is -2.64.